The van der Waals surface area contributed by atoms with E-state index in [2.05, 4.69) is 26.1 Å². The van der Waals surface area contributed by atoms with Gasteiger partial charge in [0.2, 0.25) is 12.7 Å². The topological polar surface area (TPSA) is 80.3 Å². The van der Waals surface area contributed by atoms with E-state index >= 15 is 0 Å². The molecule has 3 aliphatic rings. The normalized spacial score (nSPS) is 18.5. The first-order valence-corrected chi connectivity index (χ1v) is 10.8. The molecular weight excluding hydrogens is 398 g/mol. The van der Waals surface area contributed by atoms with E-state index in [1.807, 2.05) is 23.1 Å². The Bertz CT molecular complexity index is 909. The molecule has 164 valence electrons. The molecule has 0 N–H and O–H groups in total. The third-order valence-corrected chi connectivity index (χ3v) is 5.97. The van der Waals surface area contributed by atoms with Gasteiger partial charge in [-0.1, -0.05) is 6.07 Å². The van der Waals surface area contributed by atoms with E-state index < -0.39 is 0 Å². The molecule has 9 heteroatoms. The Hall–Kier alpha value is -3.07. The molecule has 2 aromatic rings. The summed E-state index contributed by atoms with van der Waals surface area (Å²) in [7, 11) is 0. The van der Waals surface area contributed by atoms with Crippen LogP contribution in [0.15, 0.2) is 30.3 Å². The van der Waals surface area contributed by atoms with E-state index in [1.165, 1.54) is 18.4 Å². The lowest BCUT2D eigenvalue weighted by molar-refractivity contribution is -0.135. The number of aromatic nitrogens is 2. The number of nitrogens with zero attached hydrogens (tertiary/aromatic N) is 5. The van der Waals surface area contributed by atoms with Gasteiger partial charge in [-0.3, -0.25) is 9.69 Å². The SMILES string of the molecule is O=C(COc1ccc(N2CCCC2)nn1)N1CCN(Cc2ccc3c(c2)OCO3)CC1. The minimum atomic E-state index is -0.0202. The van der Waals surface area contributed by atoms with Crippen LogP contribution < -0.4 is 19.1 Å². The Labute approximate surface area is 181 Å². The van der Waals surface area contributed by atoms with Gasteiger partial charge >= 0.3 is 0 Å². The molecule has 1 amide bonds. The molecule has 5 rings (SSSR count). The van der Waals surface area contributed by atoms with E-state index in [0.29, 0.717) is 19.0 Å². The molecule has 2 fully saturated rings. The van der Waals surface area contributed by atoms with Crippen molar-refractivity contribution in [2.45, 2.75) is 19.4 Å². The lowest BCUT2D eigenvalue weighted by Gasteiger charge is -2.34. The summed E-state index contributed by atoms with van der Waals surface area (Å²) in [5.74, 6) is 2.84. The standard InChI is InChI=1S/C22H27N5O4/c28-22(15-29-21-6-5-20(23-24-21)26-7-1-2-8-26)27-11-9-25(10-12-27)14-17-3-4-18-19(13-17)31-16-30-18/h3-6,13H,1-2,7-12,14-16H2. The summed E-state index contributed by atoms with van der Waals surface area (Å²) in [6, 6.07) is 9.75. The van der Waals surface area contributed by atoms with Crippen LogP contribution in [0.25, 0.3) is 0 Å². The van der Waals surface area contributed by atoms with Gasteiger partial charge in [-0.25, -0.2) is 0 Å². The maximum Gasteiger partial charge on any atom is 0.260 e. The van der Waals surface area contributed by atoms with E-state index in [4.69, 9.17) is 14.2 Å². The Morgan fingerprint density at radius 2 is 1.74 bits per heavy atom. The van der Waals surface area contributed by atoms with Gasteiger partial charge in [-0.05, 0) is 36.6 Å². The minimum absolute atomic E-state index is 0.0140. The molecule has 0 radical (unpaired) electrons. The lowest BCUT2D eigenvalue weighted by atomic mass is 10.1. The van der Waals surface area contributed by atoms with Crippen LogP contribution in [0.5, 0.6) is 17.4 Å². The quantitative estimate of drug-likeness (QED) is 0.689. The number of hydrogen-bond donors (Lipinski definition) is 0. The summed E-state index contributed by atoms with van der Waals surface area (Å²) in [4.78, 5) is 18.9. The number of anilines is 1. The lowest BCUT2D eigenvalue weighted by Crippen LogP contribution is -2.49. The highest BCUT2D eigenvalue weighted by Crippen LogP contribution is 2.32. The Morgan fingerprint density at radius 3 is 2.52 bits per heavy atom. The number of fused-ring (bicyclic) bond motifs is 1. The molecule has 0 saturated carbocycles. The molecule has 31 heavy (non-hydrogen) atoms. The van der Waals surface area contributed by atoms with Crippen molar-refractivity contribution in [1.29, 1.82) is 0 Å². The molecule has 9 nitrogen and oxygen atoms in total. The molecule has 2 saturated heterocycles. The van der Waals surface area contributed by atoms with Gasteiger partial charge in [0.05, 0.1) is 0 Å². The fourth-order valence-electron chi connectivity index (χ4n) is 4.18. The third kappa shape index (κ3) is 4.66. The van der Waals surface area contributed by atoms with Gasteiger partial charge in [0.25, 0.3) is 5.91 Å². The summed E-state index contributed by atoms with van der Waals surface area (Å²) < 4.78 is 16.4. The highest BCUT2D eigenvalue weighted by Gasteiger charge is 2.22. The van der Waals surface area contributed by atoms with Crippen molar-refractivity contribution in [2.75, 3.05) is 57.6 Å². The maximum absolute atomic E-state index is 12.5. The maximum atomic E-state index is 12.5. The summed E-state index contributed by atoms with van der Waals surface area (Å²) in [5.41, 5.74) is 1.18. The summed E-state index contributed by atoms with van der Waals surface area (Å²) in [6.45, 7) is 6.17. The molecule has 4 heterocycles. The highest BCUT2D eigenvalue weighted by molar-refractivity contribution is 5.77. The van der Waals surface area contributed by atoms with Crippen molar-refractivity contribution >= 4 is 11.7 Å². The van der Waals surface area contributed by atoms with Crippen LogP contribution in [0.4, 0.5) is 5.82 Å². The number of piperazine rings is 1. The molecule has 0 aliphatic carbocycles. The second-order valence-electron chi connectivity index (χ2n) is 8.06. The average Bonchev–Trinajstić information content (AvgIpc) is 3.50. The van der Waals surface area contributed by atoms with Gasteiger partial charge < -0.3 is 24.0 Å². The highest BCUT2D eigenvalue weighted by atomic mass is 16.7. The van der Waals surface area contributed by atoms with E-state index in [-0.39, 0.29) is 19.3 Å². The van der Waals surface area contributed by atoms with Crippen LogP contribution in [0.3, 0.4) is 0 Å². The van der Waals surface area contributed by atoms with Crippen molar-refractivity contribution < 1.29 is 19.0 Å². The zero-order valence-corrected chi connectivity index (χ0v) is 17.5. The summed E-state index contributed by atoms with van der Waals surface area (Å²) >= 11 is 0. The molecule has 1 aromatic heterocycles. The monoisotopic (exact) mass is 425 g/mol. The van der Waals surface area contributed by atoms with Crippen molar-refractivity contribution in [2.24, 2.45) is 0 Å². The first-order valence-electron chi connectivity index (χ1n) is 10.8. The first kappa shape index (κ1) is 19.9. The van der Waals surface area contributed by atoms with Crippen LogP contribution in [-0.4, -0.2) is 78.6 Å². The predicted octanol–water partition coefficient (Wildman–Crippen LogP) is 1.53. The molecule has 1 aromatic carbocycles. The van der Waals surface area contributed by atoms with Gasteiger partial charge in [0.1, 0.15) is 0 Å². The molecule has 0 unspecified atom stereocenters. The number of amides is 1. The Kier molecular flexibility index (Phi) is 5.75. The molecule has 0 bridgehead atoms. The number of carbonyl (C=O) groups is 1. The van der Waals surface area contributed by atoms with Crippen LogP contribution in [0.1, 0.15) is 18.4 Å². The number of hydrogen-bond acceptors (Lipinski definition) is 8. The molecule has 0 atom stereocenters. The fraction of sp³-hybridized carbons (Fsp3) is 0.500. The number of ether oxygens (including phenoxy) is 3. The van der Waals surface area contributed by atoms with Gasteiger partial charge in [0.15, 0.2) is 23.9 Å². The summed E-state index contributed by atoms with van der Waals surface area (Å²) in [5, 5.41) is 8.34. The predicted molar refractivity (Wildman–Crippen MR) is 113 cm³/mol. The second kappa shape index (κ2) is 8.97. The van der Waals surface area contributed by atoms with Gasteiger partial charge in [0, 0.05) is 51.9 Å². The van der Waals surface area contributed by atoms with Crippen molar-refractivity contribution in [3.63, 3.8) is 0 Å². The summed E-state index contributed by atoms with van der Waals surface area (Å²) in [6.07, 6.45) is 2.39. The second-order valence-corrected chi connectivity index (χ2v) is 8.06. The van der Waals surface area contributed by atoms with E-state index in [9.17, 15) is 4.79 Å². The molecule has 3 aliphatic heterocycles. The zero-order chi connectivity index (χ0) is 21.0. The third-order valence-electron chi connectivity index (χ3n) is 5.97. The van der Waals surface area contributed by atoms with Gasteiger partial charge in [-0.15, -0.1) is 10.2 Å². The van der Waals surface area contributed by atoms with Crippen molar-refractivity contribution in [3.8, 4) is 17.4 Å². The largest absolute Gasteiger partial charge is 0.466 e. The zero-order valence-electron chi connectivity index (χ0n) is 17.5. The minimum Gasteiger partial charge on any atom is -0.466 e. The van der Waals surface area contributed by atoms with Crippen LogP contribution in [0, 0.1) is 0 Å². The van der Waals surface area contributed by atoms with Gasteiger partial charge in [-0.2, -0.15) is 0 Å². The Balaban J connectivity index is 1.06. The van der Waals surface area contributed by atoms with Crippen LogP contribution >= 0.6 is 0 Å². The average molecular weight is 425 g/mol. The fourth-order valence-corrected chi connectivity index (χ4v) is 4.18. The number of carbonyl (C=O) groups excluding carboxylic acids is 1. The number of benzene rings is 1. The Morgan fingerprint density at radius 1 is 0.935 bits per heavy atom. The molecular formula is C22H27N5O4. The van der Waals surface area contributed by atoms with Crippen molar-refractivity contribution in [3.05, 3.63) is 35.9 Å². The van der Waals surface area contributed by atoms with Crippen LogP contribution in [-0.2, 0) is 11.3 Å². The smallest absolute Gasteiger partial charge is 0.260 e. The van der Waals surface area contributed by atoms with Crippen LogP contribution in [0.2, 0.25) is 0 Å². The molecule has 0 spiro atoms. The van der Waals surface area contributed by atoms with E-state index in [1.54, 1.807) is 6.07 Å². The first-order chi connectivity index (χ1) is 15.2. The number of rotatable bonds is 6. The van der Waals surface area contributed by atoms with E-state index in [0.717, 1.165) is 50.0 Å². The van der Waals surface area contributed by atoms with Crippen molar-refractivity contribution in [1.82, 2.24) is 20.0 Å².